The number of rotatable bonds is 1. The van der Waals surface area contributed by atoms with Gasteiger partial charge in [0.25, 0.3) is 0 Å². The Labute approximate surface area is 71.4 Å². The third-order valence-corrected chi connectivity index (χ3v) is 1.58. The van der Waals surface area contributed by atoms with Gasteiger partial charge in [-0.3, -0.25) is 0 Å². The minimum atomic E-state index is -1.16. The van der Waals surface area contributed by atoms with Gasteiger partial charge in [-0.05, 0) is 12.1 Å². The lowest BCUT2D eigenvalue weighted by Gasteiger charge is -1.97. The molecule has 0 saturated carbocycles. The molecule has 1 rings (SSSR count). The predicted molar refractivity (Wildman–Crippen MR) is 41.6 cm³/mol. The van der Waals surface area contributed by atoms with Crippen LogP contribution in [0.4, 0.5) is 0 Å². The van der Waals surface area contributed by atoms with Crippen molar-refractivity contribution in [3.63, 3.8) is 0 Å². The lowest BCUT2D eigenvalue weighted by atomic mass is 10.2. The van der Waals surface area contributed by atoms with Crippen LogP contribution in [0.15, 0.2) is 16.6 Å². The van der Waals surface area contributed by atoms with Gasteiger partial charge in [-0.15, -0.1) is 0 Å². The van der Waals surface area contributed by atoms with Crippen LogP contribution in [0.5, 0.6) is 5.75 Å². The summed E-state index contributed by atoms with van der Waals surface area (Å²) in [5.41, 5.74) is -0.129. The number of hydrogen-bond donors (Lipinski definition) is 2. The monoisotopic (exact) mass is 215 g/mol. The van der Waals surface area contributed by atoms with Gasteiger partial charge < -0.3 is 10.2 Å². The van der Waals surface area contributed by atoms with Crippen molar-refractivity contribution in [3.8, 4) is 5.75 Å². The summed E-state index contributed by atoms with van der Waals surface area (Å²) < 4.78 is 0.507. The summed E-state index contributed by atoms with van der Waals surface area (Å²) in [5, 5.41) is 17.5. The maximum Gasteiger partial charge on any atom is 0.339 e. The van der Waals surface area contributed by atoms with Crippen molar-refractivity contribution in [2.24, 2.45) is 0 Å². The first-order valence-corrected chi connectivity index (χ1v) is 3.54. The van der Waals surface area contributed by atoms with Crippen LogP contribution in [-0.4, -0.2) is 16.2 Å². The molecule has 1 aromatic carbocycles. The average Bonchev–Trinajstić information content (AvgIpc) is 1.94. The number of hydrogen-bond acceptors (Lipinski definition) is 2. The molecule has 0 aliphatic heterocycles. The number of aromatic hydroxyl groups is 1. The molecule has 0 heterocycles. The summed E-state index contributed by atoms with van der Waals surface area (Å²) >= 11 is 3.03. The highest BCUT2D eigenvalue weighted by Crippen LogP contribution is 2.20. The van der Waals surface area contributed by atoms with Gasteiger partial charge in [-0.2, -0.15) is 0 Å². The number of benzene rings is 1. The summed E-state index contributed by atoms with van der Waals surface area (Å²) in [7, 11) is 0. The molecular formula is C7H4BrO3. The van der Waals surface area contributed by atoms with E-state index in [0.29, 0.717) is 4.47 Å². The van der Waals surface area contributed by atoms with Gasteiger partial charge in [0, 0.05) is 10.5 Å². The van der Waals surface area contributed by atoms with E-state index in [1.165, 1.54) is 12.1 Å². The topological polar surface area (TPSA) is 57.5 Å². The van der Waals surface area contributed by atoms with E-state index in [0.717, 1.165) is 0 Å². The Morgan fingerprint density at radius 2 is 2.27 bits per heavy atom. The fraction of sp³-hybridized carbons (Fsp3) is 0. The third kappa shape index (κ3) is 1.71. The quantitative estimate of drug-likeness (QED) is 0.750. The molecule has 0 aliphatic rings. The number of aromatic carboxylic acids is 1. The van der Waals surface area contributed by atoms with Crippen LogP contribution in [0, 0.1) is 6.07 Å². The predicted octanol–water partition coefficient (Wildman–Crippen LogP) is 1.65. The number of carboxylic acid groups (broad SMARTS) is 1. The summed E-state index contributed by atoms with van der Waals surface area (Å²) in [6.45, 7) is 0. The van der Waals surface area contributed by atoms with Gasteiger partial charge in [0.1, 0.15) is 11.3 Å². The van der Waals surface area contributed by atoms with Crippen molar-refractivity contribution in [2.45, 2.75) is 0 Å². The zero-order valence-corrected chi connectivity index (χ0v) is 6.92. The highest BCUT2D eigenvalue weighted by molar-refractivity contribution is 9.10. The van der Waals surface area contributed by atoms with Crippen molar-refractivity contribution in [1.82, 2.24) is 0 Å². The molecule has 1 aromatic rings. The fourth-order valence-electron chi connectivity index (χ4n) is 0.629. The molecule has 0 aliphatic carbocycles. The Hall–Kier alpha value is -1.03. The Bertz CT molecular complexity index is 296. The van der Waals surface area contributed by atoms with E-state index in [1.807, 2.05) is 0 Å². The summed E-state index contributed by atoms with van der Waals surface area (Å²) in [4.78, 5) is 10.4. The second-order valence-corrected chi connectivity index (χ2v) is 2.74. The van der Waals surface area contributed by atoms with Gasteiger partial charge in [0.05, 0.1) is 0 Å². The zero-order chi connectivity index (χ0) is 8.43. The molecule has 0 atom stereocenters. The maximum absolute atomic E-state index is 10.4. The minimum absolute atomic E-state index is 0.129. The number of carboxylic acids is 1. The Kier molecular flexibility index (Phi) is 2.14. The molecule has 1 radical (unpaired) electrons. The molecular weight excluding hydrogens is 212 g/mol. The van der Waals surface area contributed by atoms with Gasteiger partial charge in [-0.25, -0.2) is 4.79 Å². The van der Waals surface area contributed by atoms with Crippen LogP contribution >= 0.6 is 15.9 Å². The smallest absolute Gasteiger partial charge is 0.339 e. The number of carbonyl (C=O) groups is 1. The van der Waals surface area contributed by atoms with Gasteiger partial charge in [-0.1, -0.05) is 15.9 Å². The lowest BCUT2D eigenvalue weighted by molar-refractivity contribution is 0.0693. The van der Waals surface area contributed by atoms with Crippen molar-refractivity contribution in [3.05, 3.63) is 28.2 Å². The van der Waals surface area contributed by atoms with Crippen molar-refractivity contribution in [1.29, 1.82) is 0 Å². The number of phenols is 1. The van der Waals surface area contributed by atoms with Crippen LogP contribution in [-0.2, 0) is 0 Å². The molecule has 0 unspecified atom stereocenters. The first-order chi connectivity index (χ1) is 5.11. The lowest BCUT2D eigenvalue weighted by Crippen LogP contribution is -1.96. The van der Waals surface area contributed by atoms with Crippen LogP contribution in [0.2, 0.25) is 0 Å². The van der Waals surface area contributed by atoms with E-state index < -0.39 is 5.97 Å². The standard InChI is InChI=1S/C7H4BrO3/c8-4-1-2-6(9)5(3-4)7(10)11/h2-3,9H,(H,10,11). The molecule has 0 aromatic heterocycles. The van der Waals surface area contributed by atoms with Crippen LogP contribution in [0.1, 0.15) is 10.4 Å². The van der Waals surface area contributed by atoms with Crippen LogP contribution < -0.4 is 0 Å². The highest BCUT2D eigenvalue weighted by atomic mass is 79.9. The Morgan fingerprint density at radius 3 is 2.73 bits per heavy atom. The Balaban J connectivity index is 3.23. The molecule has 3 nitrogen and oxygen atoms in total. The van der Waals surface area contributed by atoms with Crippen molar-refractivity contribution in [2.75, 3.05) is 0 Å². The van der Waals surface area contributed by atoms with E-state index in [4.69, 9.17) is 10.2 Å². The van der Waals surface area contributed by atoms with E-state index in [-0.39, 0.29) is 11.3 Å². The largest absolute Gasteiger partial charge is 0.507 e. The molecule has 4 heteroatoms. The van der Waals surface area contributed by atoms with Gasteiger partial charge in [0.2, 0.25) is 0 Å². The van der Waals surface area contributed by atoms with E-state index in [2.05, 4.69) is 22.0 Å². The highest BCUT2D eigenvalue weighted by Gasteiger charge is 2.08. The molecule has 0 amide bonds. The molecule has 0 saturated heterocycles. The van der Waals surface area contributed by atoms with Gasteiger partial charge in [0.15, 0.2) is 0 Å². The summed E-state index contributed by atoms with van der Waals surface area (Å²) in [6.07, 6.45) is 0. The van der Waals surface area contributed by atoms with Gasteiger partial charge >= 0.3 is 5.97 Å². The van der Waals surface area contributed by atoms with Crippen LogP contribution in [0.3, 0.4) is 0 Å². The first-order valence-electron chi connectivity index (χ1n) is 2.75. The molecule has 0 bridgehead atoms. The summed E-state index contributed by atoms with van der Waals surface area (Å²) in [6, 6.07) is 5.09. The molecule has 2 N–H and O–H groups in total. The van der Waals surface area contributed by atoms with E-state index in [1.54, 1.807) is 0 Å². The van der Waals surface area contributed by atoms with Crippen LogP contribution in [0.25, 0.3) is 0 Å². The second-order valence-electron chi connectivity index (χ2n) is 1.89. The first kappa shape index (κ1) is 8.07. The molecule has 57 valence electrons. The molecule has 0 spiro atoms. The minimum Gasteiger partial charge on any atom is -0.507 e. The fourth-order valence-corrected chi connectivity index (χ4v) is 0.972. The maximum atomic E-state index is 10.4. The van der Waals surface area contributed by atoms with Crippen molar-refractivity contribution >= 4 is 21.9 Å². The van der Waals surface area contributed by atoms with Crippen molar-refractivity contribution < 1.29 is 15.0 Å². The second kappa shape index (κ2) is 2.92. The normalized spacial score (nSPS) is 9.55. The molecule has 0 fully saturated rings. The number of halogens is 1. The summed E-state index contributed by atoms with van der Waals surface area (Å²) in [5.74, 6) is -1.43. The SMILES string of the molecule is O=C(O)c1cc(Br)[c]cc1O. The third-order valence-electron chi connectivity index (χ3n) is 1.12. The van der Waals surface area contributed by atoms with E-state index in [9.17, 15) is 4.79 Å². The molecule has 11 heavy (non-hydrogen) atoms. The average molecular weight is 216 g/mol. The zero-order valence-electron chi connectivity index (χ0n) is 5.34. The Morgan fingerprint density at radius 1 is 1.64 bits per heavy atom. The van der Waals surface area contributed by atoms with E-state index >= 15 is 0 Å².